The number of nitrogens with two attached hydrogens (primary N) is 1. The van der Waals surface area contributed by atoms with Crippen LogP contribution in [0, 0.1) is 5.82 Å². The minimum atomic E-state index is -0.181. The molecule has 104 valence electrons. The van der Waals surface area contributed by atoms with Gasteiger partial charge in [-0.2, -0.15) is 4.98 Å². The molecule has 0 spiro atoms. The molecule has 0 unspecified atom stereocenters. The molecule has 3 rings (SSSR count). The Labute approximate surface area is 124 Å². The minimum Gasteiger partial charge on any atom is -0.368 e. The van der Waals surface area contributed by atoms with Gasteiger partial charge in [-0.15, -0.1) is 11.8 Å². The number of hydrogen-bond donors (Lipinski definition) is 2. The van der Waals surface area contributed by atoms with Crippen LogP contribution in [0.25, 0.3) is 0 Å². The molecule has 7 heteroatoms. The van der Waals surface area contributed by atoms with Gasteiger partial charge in [0.1, 0.15) is 16.8 Å². The lowest BCUT2D eigenvalue weighted by molar-refractivity contribution is 0.584. The van der Waals surface area contributed by atoms with Crippen LogP contribution < -0.4 is 11.1 Å². The van der Waals surface area contributed by atoms with Gasteiger partial charge in [0.05, 0.1) is 6.04 Å². The van der Waals surface area contributed by atoms with E-state index < -0.39 is 0 Å². The number of halogens is 2. The zero-order valence-electron chi connectivity index (χ0n) is 10.4. The Kier molecular flexibility index (Phi) is 3.67. The number of hydrogen-bond acceptors (Lipinski definition) is 5. The van der Waals surface area contributed by atoms with Crippen molar-refractivity contribution in [1.82, 2.24) is 9.97 Å². The van der Waals surface area contributed by atoms with Gasteiger partial charge in [-0.05, 0) is 18.1 Å². The first kappa shape index (κ1) is 13.5. The summed E-state index contributed by atoms with van der Waals surface area (Å²) in [5.41, 5.74) is 6.51. The maximum absolute atomic E-state index is 13.8. The molecule has 0 radical (unpaired) electrons. The highest BCUT2D eigenvalue weighted by molar-refractivity contribution is 7.99. The van der Waals surface area contributed by atoms with Crippen LogP contribution in [-0.2, 0) is 0 Å². The molecule has 0 fully saturated rings. The number of aromatic nitrogens is 2. The second kappa shape index (κ2) is 5.46. The summed E-state index contributed by atoms with van der Waals surface area (Å²) in [7, 11) is 0. The van der Waals surface area contributed by atoms with E-state index in [9.17, 15) is 4.39 Å². The van der Waals surface area contributed by atoms with E-state index in [0.717, 1.165) is 17.7 Å². The number of thioether (sulfide) groups is 1. The van der Waals surface area contributed by atoms with Gasteiger partial charge in [-0.1, -0.05) is 23.7 Å². The third kappa shape index (κ3) is 2.66. The Balaban J connectivity index is 1.91. The highest BCUT2D eigenvalue weighted by Gasteiger charge is 2.23. The first-order chi connectivity index (χ1) is 9.63. The fraction of sp³-hybridized carbons (Fsp3) is 0.231. The Hall–Kier alpha value is -1.53. The average Bonchev–Trinajstić information content (AvgIpc) is 2.39. The van der Waals surface area contributed by atoms with Crippen LogP contribution in [-0.4, -0.2) is 15.7 Å². The van der Waals surface area contributed by atoms with Gasteiger partial charge < -0.3 is 11.1 Å². The van der Waals surface area contributed by atoms with Crippen LogP contribution in [0.15, 0.2) is 29.2 Å². The number of fused-ring (bicyclic) bond motifs is 1. The maximum Gasteiger partial charge on any atom is 0.223 e. The summed E-state index contributed by atoms with van der Waals surface area (Å²) in [6.07, 6.45) is 0.878. The van der Waals surface area contributed by atoms with Gasteiger partial charge >= 0.3 is 0 Å². The number of anilines is 2. The number of nitrogens with zero attached hydrogens (tertiary/aromatic N) is 2. The summed E-state index contributed by atoms with van der Waals surface area (Å²) >= 11 is 7.40. The molecule has 1 aliphatic heterocycles. The predicted molar refractivity (Wildman–Crippen MR) is 79.6 cm³/mol. The van der Waals surface area contributed by atoms with Crippen LogP contribution in [0.4, 0.5) is 16.2 Å². The minimum absolute atomic E-state index is 0.00711. The fourth-order valence-corrected chi connectivity index (χ4v) is 3.55. The summed E-state index contributed by atoms with van der Waals surface area (Å²) in [5.74, 6) is 1.33. The average molecular weight is 311 g/mol. The molecule has 1 aromatic carbocycles. The summed E-state index contributed by atoms with van der Waals surface area (Å²) in [5, 5.41) is 3.53. The van der Waals surface area contributed by atoms with E-state index in [2.05, 4.69) is 15.3 Å². The van der Waals surface area contributed by atoms with Crippen molar-refractivity contribution in [3.8, 4) is 0 Å². The van der Waals surface area contributed by atoms with Gasteiger partial charge in [0, 0.05) is 16.7 Å². The Morgan fingerprint density at radius 2 is 2.25 bits per heavy atom. The highest BCUT2D eigenvalue weighted by Crippen LogP contribution is 2.39. The van der Waals surface area contributed by atoms with Crippen LogP contribution in [0.5, 0.6) is 0 Å². The number of rotatable bonds is 2. The van der Waals surface area contributed by atoms with E-state index >= 15 is 0 Å². The molecule has 1 aromatic heterocycles. The molecule has 4 nitrogen and oxygen atoms in total. The second-order valence-electron chi connectivity index (χ2n) is 4.43. The Bertz CT molecular complexity index is 632. The van der Waals surface area contributed by atoms with Gasteiger partial charge in [0.25, 0.3) is 0 Å². The lowest BCUT2D eigenvalue weighted by atomic mass is 10.0. The van der Waals surface area contributed by atoms with Crippen molar-refractivity contribution in [1.29, 1.82) is 0 Å². The van der Waals surface area contributed by atoms with Crippen molar-refractivity contribution < 1.29 is 4.39 Å². The van der Waals surface area contributed by atoms with Crippen LogP contribution >= 0.6 is 23.4 Å². The summed E-state index contributed by atoms with van der Waals surface area (Å²) in [4.78, 5) is 8.61. The van der Waals surface area contributed by atoms with E-state index in [1.54, 1.807) is 12.1 Å². The van der Waals surface area contributed by atoms with Crippen molar-refractivity contribution in [2.75, 3.05) is 16.8 Å². The fourth-order valence-electron chi connectivity index (χ4n) is 2.22. The molecule has 3 N–H and O–H groups in total. The predicted octanol–water partition coefficient (Wildman–Crippen LogP) is 3.50. The Morgan fingerprint density at radius 3 is 3.05 bits per heavy atom. The van der Waals surface area contributed by atoms with E-state index in [0.29, 0.717) is 10.7 Å². The third-order valence-corrected chi connectivity index (χ3v) is 4.41. The van der Waals surface area contributed by atoms with Gasteiger partial charge in [-0.3, -0.25) is 0 Å². The summed E-state index contributed by atoms with van der Waals surface area (Å²) in [6.45, 7) is 0. The van der Waals surface area contributed by atoms with Crippen molar-refractivity contribution >= 4 is 35.1 Å². The summed E-state index contributed by atoms with van der Waals surface area (Å²) < 4.78 is 13.8. The largest absolute Gasteiger partial charge is 0.368 e. The maximum atomic E-state index is 13.8. The van der Waals surface area contributed by atoms with Gasteiger partial charge in [0.15, 0.2) is 0 Å². The molecule has 2 aromatic rings. The molecule has 0 saturated heterocycles. The van der Waals surface area contributed by atoms with Crippen LogP contribution in [0.2, 0.25) is 5.15 Å². The van der Waals surface area contributed by atoms with E-state index in [1.165, 1.54) is 17.8 Å². The van der Waals surface area contributed by atoms with Crippen molar-refractivity contribution in [3.63, 3.8) is 0 Å². The van der Waals surface area contributed by atoms with E-state index in [-0.39, 0.29) is 23.0 Å². The standard InChI is InChI=1S/C13H12ClFN4S/c14-10-6-11(19-13(16)18-10)17-9-4-5-20-12-7(9)2-1-3-8(12)15/h1-3,6,9H,4-5H2,(H3,16,17,18,19)/t9-/m1/s1. The van der Waals surface area contributed by atoms with Crippen molar-refractivity contribution in [3.05, 3.63) is 40.8 Å². The van der Waals surface area contributed by atoms with Crippen molar-refractivity contribution in [2.45, 2.75) is 17.4 Å². The quantitative estimate of drug-likeness (QED) is 0.831. The van der Waals surface area contributed by atoms with Crippen LogP contribution in [0.3, 0.4) is 0 Å². The molecule has 0 saturated carbocycles. The normalized spacial score (nSPS) is 17.6. The zero-order chi connectivity index (χ0) is 14.1. The highest BCUT2D eigenvalue weighted by atomic mass is 35.5. The molecule has 0 amide bonds. The third-order valence-electron chi connectivity index (χ3n) is 3.06. The number of nitrogen functional groups attached to an aromatic ring is 1. The molecular formula is C13H12ClFN4S. The van der Waals surface area contributed by atoms with Crippen LogP contribution in [0.1, 0.15) is 18.0 Å². The van der Waals surface area contributed by atoms with E-state index in [1.807, 2.05) is 6.07 Å². The van der Waals surface area contributed by atoms with Gasteiger partial charge in [0.2, 0.25) is 5.95 Å². The van der Waals surface area contributed by atoms with Crippen molar-refractivity contribution in [2.24, 2.45) is 0 Å². The molecule has 20 heavy (non-hydrogen) atoms. The Morgan fingerprint density at radius 1 is 1.40 bits per heavy atom. The molecular weight excluding hydrogens is 299 g/mol. The SMILES string of the molecule is Nc1nc(Cl)cc(N[C@@H]2CCSc3c(F)cccc32)n1. The second-order valence-corrected chi connectivity index (χ2v) is 5.92. The zero-order valence-corrected chi connectivity index (χ0v) is 12.0. The molecule has 1 atom stereocenters. The molecule has 0 aliphatic carbocycles. The first-order valence-corrected chi connectivity index (χ1v) is 7.47. The lowest BCUT2D eigenvalue weighted by Gasteiger charge is -2.26. The van der Waals surface area contributed by atoms with E-state index in [4.69, 9.17) is 17.3 Å². The first-order valence-electron chi connectivity index (χ1n) is 6.11. The number of benzene rings is 1. The molecule has 0 bridgehead atoms. The topological polar surface area (TPSA) is 63.8 Å². The number of nitrogens with one attached hydrogen (secondary N) is 1. The lowest BCUT2D eigenvalue weighted by Crippen LogP contribution is -2.18. The van der Waals surface area contributed by atoms with Gasteiger partial charge in [-0.25, -0.2) is 9.37 Å². The molecule has 1 aliphatic rings. The molecule has 2 heterocycles. The smallest absolute Gasteiger partial charge is 0.223 e. The monoisotopic (exact) mass is 310 g/mol. The summed E-state index contributed by atoms with van der Waals surface area (Å²) in [6, 6.07) is 6.73.